The van der Waals surface area contributed by atoms with Crippen LogP contribution in [0.4, 0.5) is 0 Å². The van der Waals surface area contributed by atoms with E-state index < -0.39 is 10.0 Å². The highest BCUT2D eigenvalue weighted by molar-refractivity contribution is 7.89. The Morgan fingerprint density at radius 1 is 1.30 bits per heavy atom. The lowest BCUT2D eigenvalue weighted by Gasteiger charge is -2.32. The van der Waals surface area contributed by atoms with E-state index in [9.17, 15) is 8.42 Å². The molecule has 6 heteroatoms. The molecular weight excluding hydrogens is 276 g/mol. The molecule has 1 heterocycles. The molecule has 0 spiro atoms. The van der Waals surface area contributed by atoms with Crippen molar-refractivity contribution >= 4 is 10.0 Å². The van der Waals surface area contributed by atoms with Gasteiger partial charge in [-0.3, -0.25) is 0 Å². The number of nitrogens with zero attached hydrogens (tertiary/aromatic N) is 1. The van der Waals surface area contributed by atoms with Crippen LogP contribution in [0.15, 0.2) is 0 Å². The Hall–Kier alpha value is -0.170. The molecule has 0 atom stereocenters. The van der Waals surface area contributed by atoms with Crippen LogP contribution < -0.4 is 5.32 Å². The number of hydrogen-bond donors (Lipinski definition) is 1. The fourth-order valence-corrected chi connectivity index (χ4v) is 3.95. The molecular formula is C14H30N2O3S. The van der Waals surface area contributed by atoms with Crippen LogP contribution in [0.2, 0.25) is 0 Å². The van der Waals surface area contributed by atoms with Gasteiger partial charge in [-0.05, 0) is 46.1 Å². The van der Waals surface area contributed by atoms with Gasteiger partial charge in [0.05, 0.1) is 11.4 Å². The molecule has 20 heavy (non-hydrogen) atoms. The molecule has 1 rings (SSSR count). The smallest absolute Gasteiger partial charge is 0.214 e. The van der Waals surface area contributed by atoms with Crippen LogP contribution in [-0.2, 0) is 14.8 Å². The van der Waals surface area contributed by atoms with Crippen molar-refractivity contribution in [1.29, 1.82) is 0 Å². The van der Waals surface area contributed by atoms with Gasteiger partial charge in [0.1, 0.15) is 0 Å². The molecule has 0 aliphatic carbocycles. The summed E-state index contributed by atoms with van der Waals surface area (Å²) in [6.07, 6.45) is 3.44. The number of nitrogens with one attached hydrogen (secondary N) is 1. The number of ether oxygens (including phenoxy) is 1. The quantitative estimate of drug-likeness (QED) is 0.740. The first-order valence-corrected chi connectivity index (χ1v) is 9.18. The number of rotatable bonds is 8. The zero-order valence-corrected chi connectivity index (χ0v) is 14.1. The summed E-state index contributed by atoms with van der Waals surface area (Å²) in [4.78, 5) is 0. The third kappa shape index (κ3) is 5.68. The van der Waals surface area contributed by atoms with Gasteiger partial charge >= 0.3 is 0 Å². The molecule has 0 saturated carbocycles. The van der Waals surface area contributed by atoms with E-state index in [4.69, 9.17) is 4.74 Å². The van der Waals surface area contributed by atoms with Crippen molar-refractivity contribution in [3.05, 3.63) is 0 Å². The standard InChI is InChI=1S/C14H30N2O3S/c1-5-12-20(17,18)16-10-6-13(7-11-16)15-9-8-14(2,3)19-4/h13,15H,5-12H2,1-4H3. The summed E-state index contributed by atoms with van der Waals surface area (Å²) in [6, 6.07) is 0.427. The van der Waals surface area contributed by atoms with Crippen LogP contribution in [0.3, 0.4) is 0 Å². The Balaban J connectivity index is 2.29. The van der Waals surface area contributed by atoms with E-state index in [0.29, 0.717) is 25.6 Å². The van der Waals surface area contributed by atoms with Crippen LogP contribution in [-0.4, -0.2) is 56.9 Å². The van der Waals surface area contributed by atoms with Gasteiger partial charge < -0.3 is 10.1 Å². The molecule has 0 aromatic heterocycles. The van der Waals surface area contributed by atoms with Crippen molar-refractivity contribution in [2.45, 2.75) is 58.1 Å². The SMILES string of the molecule is CCCS(=O)(=O)N1CCC(NCCC(C)(C)OC)CC1. The fourth-order valence-electron chi connectivity index (χ4n) is 2.40. The van der Waals surface area contributed by atoms with Crippen molar-refractivity contribution in [2.24, 2.45) is 0 Å². The molecule has 1 aliphatic heterocycles. The summed E-state index contributed by atoms with van der Waals surface area (Å²) in [6.45, 7) is 8.27. The average molecular weight is 306 g/mol. The maximum Gasteiger partial charge on any atom is 0.214 e. The second kappa shape index (κ2) is 7.73. The lowest BCUT2D eigenvalue weighted by Crippen LogP contribution is -2.46. The molecule has 1 fully saturated rings. The molecule has 1 N–H and O–H groups in total. The van der Waals surface area contributed by atoms with Crippen LogP contribution in [0, 0.1) is 0 Å². The molecule has 0 bridgehead atoms. The molecule has 120 valence electrons. The summed E-state index contributed by atoms with van der Waals surface area (Å²) in [5, 5.41) is 3.51. The number of hydrogen-bond acceptors (Lipinski definition) is 4. The Labute approximate surface area is 124 Å². The molecule has 0 radical (unpaired) electrons. The molecule has 5 nitrogen and oxygen atoms in total. The Kier molecular flexibility index (Phi) is 6.91. The number of piperidine rings is 1. The van der Waals surface area contributed by atoms with E-state index in [1.54, 1.807) is 11.4 Å². The highest BCUT2D eigenvalue weighted by atomic mass is 32.2. The zero-order chi connectivity index (χ0) is 15.2. The highest BCUT2D eigenvalue weighted by Gasteiger charge is 2.27. The molecule has 0 aromatic rings. The summed E-state index contributed by atoms with van der Waals surface area (Å²) < 4.78 is 31.0. The van der Waals surface area contributed by atoms with Gasteiger partial charge in [0.15, 0.2) is 0 Å². The summed E-state index contributed by atoms with van der Waals surface area (Å²) >= 11 is 0. The van der Waals surface area contributed by atoms with Crippen LogP contribution in [0.5, 0.6) is 0 Å². The van der Waals surface area contributed by atoms with E-state index >= 15 is 0 Å². The van der Waals surface area contributed by atoms with E-state index in [0.717, 1.165) is 25.8 Å². The summed E-state index contributed by atoms with van der Waals surface area (Å²) in [5.41, 5.74) is -0.0990. The Bertz CT molecular complexity index is 374. The number of methoxy groups -OCH3 is 1. The van der Waals surface area contributed by atoms with Gasteiger partial charge in [-0.25, -0.2) is 12.7 Å². The zero-order valence-electron chi connectivity index (χ0n) is 13.3. The molecule has 0 unspecified atom stereocenters. The topological polar surface area (TPSA) is 58.6 Å². The molecule has 1 aliphatic rings. The maximum atomic E-state index is 12.0. The third-order valence-electron chi connectivity index (χ3n) is 4.02. The van der Waals surface area contributed by atoms with E-state index in [2.05, 4.69) is 19.2 Å². The van der Waals surface area contributed by atoms with Gasteiger partial charge in [-0.1, -0.05) is 6.92 Å². The maximum absolute atomic E-state index is 12.0. The van der Waals surface area contributed by atoms with Crippen LogP contribution >= 0.6 is 0 Å². The van der Waals surface area contributed by atoms with E-state index in [1.807, 2.05) is 6.92 Å². The van der Waals surface area contributed by atoms with Gasteiger partial charge in [0.2, 0.25) is 10.0 Å². The minimum Gasteiger partial charge on any atom is -0.379 e. The van der Waals surface area contributed by atoms with Crippen molar-refractivity contribution in [1.82, 2.24) is 9.62 Å². The lowest BCUT2D eigenvalue weighted by molar-refractivity contribution is 0.0150. The van der Waals surface area contributed by atoms with Crippen molar-refractivity contribution < 1.29 is 13.2 Å². The first-order chi connectivity index (χ1) is 9.30. The van der Waals surface area contributed by atoms with Crippen LogP contribution in [0.25, 0.3) is 0 Å². The largest absolute Gasteiger partial charge is 0.379 e. The average Bonchev–Trinajstić information content (AvgIpc) is 2.39. The summed E-state index contributed by atoms with van der Waals surface area (Å²) in [7, 11) is -1.29. The molecule has 0 aromatic carbocycles. The van der Waals surface area contributed by atoms with Gasteiger partial charge in [0.25, 0.3) is 0 Å². The van der Waals surface area contributed by atoms with Crippen molar-refractivity contribution in [3.8, 4) is 0 Å². The second-order valence-corrected chi connectivity index (χ2v) is 8.25. The third-order valence-corrected chi connectivity index (χ3v) is 6.10. The van der Waals surface area contributed by atoms with Gasteiger partial charge in [0, 0.05) is 26.2 Å². The Morgan fingerprint density at radius 3 is 2.40 bits per heavy atom. The predicted molar refractivity (Wildman–Crippen MR) is 82.4 cm³/mol. The highest BCUT2D eigenvalue weighted by Crippen LogP contribution is 2.16. The normalized spacial score (nSPS) is 19.4. The fraction of sp³-hybridized carbons (Fsp3) is 1.00. The lowest BCUT2D eigenvalue weighted by atomic mass is 10.0. The monoisotopic (exact) mass is 306 g/mol. The minimum absolute atomic E-state index is 0.0990. The van der Waals surface area contributed by atoms with E-state index in [1.165, 1.54) is 0 Å². The van der Waals surface area contributed by atoms with Gasteiger partial charge in [-0.2, -0.15) is 0 Å². The van der Waals surface area contributed by atoms with E-state index in [-0.39, 0.29) is 11.4 Å². The van der Waals surface area contributed by atoms with Crippen molar-refractivity contribution in [2.75, 3.05) is 32.5 Å². The minimum atomic E-state index is -3.02. The predicted octanol–water partition coefficient (Wildman–Crippen LogP) is 1.60. The molecule has 0 amide bonds. The van der Waals surface area contributed by atoms with Crippen molar-refractivity contribution in [3.63, 3.8) is 0 Å². The number of sulfonamides is 1. The Morgan fingerprint density at radius 2 is 1.90 bits per heavy atom. The first-order valence-electron chi connectivity index (χ1n) is 7.57. The first kappa shape index (κ1) is 17.9. The summed E-state index contributed by atoms with van der Waals surface area (Å²) in [5.74, 6) is 0.271. The molecule has 1 saturated heterocycles. The van der Waals surface area contributed by atoms with Crippen LogP contribution in [0.1, 0.15) is 46.5 Å². The van der Waals surface area contributed by atoms with Gasteiger partial charge in [-0.15, -0.1) is 0 Å². The second-order valence-electron chi connectivity index (χ2n) is 6.16.